The largest absolute Gasteiger partial charge is 0.262 e. The highest BCUT2D eigenvalue weighted by Gasteiger charge is 2.24. The highest BCUT2D eigenvalue weighted by molar-refractivity contribution is 9.10. The highest BCUT2D eigenvalue weighted by Crippen LogP contribution is 2.20. The molecular formula is C12H15BrFN3Si. The topological polar surface area (TPSA) is 41.6 Å². The van der Waals surface area contributed by atoms with Gasteiger partial charge in [-0.1, -0.05) is 40.8 Å². The number of aromatic amines is 1. The molecule has 2 aromatic rings. The summed E-state index contributed by atoms with van der Waals surface area (Å²) in [7, 11) is -1.52. The lowest BCUT2D eigenvalue weighted by Gasteiger charge is -2.14. The van der Waals surface area contributed by atoms with Gasteiger partial charge in [0.05, 0.1) is 11.0 Å². The molecule has 2 rings (SSSR count). The molecule has 0 aliphatic rings. The molecule has 0 fully saturated rings. The number of hydrogen-bond acceptors (Lipinski definition) is 2. The SMILES string of the molecule is C[Si](C)(C)c1nn[nH]c1Cc1cc(F)ccc1Br. The standard InChI is InChI=1S/C12H15BrFN3Si/c1-18(2,3)12-11(15-17-16-12)7-8-6-9(14)4-5-10(8)13/h4-6H,7H2,1-3H3,(H,15,16,17). The molecule has 0 unspecified atom stereocenters. The van der Waals surface area contributed by atoms with E-state index in [1.807, 2.05) is 0 Å². The summed E-state index contributed by atoms with van der Waals surface area (Å²) in [6.45, 7) is 6.65. The monoisotopic (exact) mass is 327 g/mol. The number of H-pyrrole nitrogens is 1. The molecule has 18 heavy (non-hydrogen) atoms. The average molecular weight is 328 g/mol. The van der Waals surface area contributed by atoms with Crippen molar-refractivity contribution in [1.29, 1.82) is 0 Å². The van der Waals surface area contributed by atoms with Gasteiger partial charge in [0.1, 0.15) is 13.9 Å². The summed E-state index contributed by atoms with van der Waals surface area (Å²) in [4.78, 5) is 0. The van der Waals surface area contributed by atoms with E-state index >= 15 is 0 Å². The third kappa shape index (κ3) is 2.87. The van der Waals surface area contributed by atoms with E-state index in [9.17, 15) is 4.39 Å². The number of halogens is 2. The molecule has 6 heteroatoms. The molecule has 0 bridgehead atoms. The summed E-state index contributed by atoms with van der Waals surface area (Å²) in [5.74, 6) is -0.227. The molecule has 0 radical (unpaired) electrons. The molecule has 3 nitrogen and oxygen atoms in total. The van der Waals surface area contributed by atoms with Gasteiger partial charge in [0, 0.05) is 10.9 Å². The maximum atomic E-state index is 13.3. The van der Waals surface area contributed by atoms with Crippen LogP contribution in [0.25, 0.3) is 0 Å². The van der Waals surface area contributed by atoms with Crippen LogP contribution >= 0.6 is 15.9 Å². The van der Waals surface area contributed by atoms with Crippen molar-refractivity contribution < 1.29 is 4.39 Å². The molecule has 0 spiro atoms. The Labute approximate surface area is 115 Å². The van der Waals surface area contributed by atoms with Crippen molar-refractivity contribution in [2.24, 2.45) is 0 Å². The lowest BCUT2D eigenvalue weighted by atomic mass is 10.1. The van der Waals surface area contributed by atoms with Crippen molar-refractivity contribution in [1.82, 2.24) is 15.4 Å². The molecule has 0 saturated heterocycles. The van der Waals surface area contributed by atoms with Crippen LogP contribution in [0.3, 0.4) is 0 Å². The Balaban J connectivity index is 2.35. The lowest BCUT2D eigenvalue weighted by Crippen LogP contribution is -2.41. The molecular weight excluding hydrogens is 313 g/mol. The Morgan fingerprint density at radius 3 is 2.72 bits per heavy atom. The van der Waals surface area contributed by atoms with Gasteiger partial charge in [-0.25, -0.2) is 4.39 Å². The van der Waals surface area contributed by atoms with Gasteiger partial charge in [0.2, 0.25) is 0 Å². The number of benzene rings is 1. The van der Waals surface area contributed by atoms with Gasteiger partial charge in [-0.3, -0.25) is 5.10 Å². The third-order valence-corrected chi connectivity index (χ3v) is 5.30. The second-order valence-corrected chi connectivity index (χ2v) is 11.1. The Morgan fingerprint density at radius 1 is 1.33 bits per heavy atom. The first-order chi connectivity index (χ1) is 8.38. The van der Waals surface area contributed by atoms with Gasteiger partial charge in [-0.15, -0.1) is 5.10 Å². The zero-order valence-corrected chi connectivity index (χ0v) is 13.2. The van der Waals surface area contributed by atoms with Crippen molar-refractivity contribution in [3.8, 4) is 0 Å². The molecule has 0 atom stereocenters. The van der Waals surface area contributed by atoms with E-state index in [0.29, 0.717) is 6.42 Å². The minimum absolute atomic E-state index is 0.227. The highest BCUT2D eigenvalue weighted by atomic mass is 79.9. The first-order valence-electron chi connectivity index (χ1n) is 5.72. The molecule has 0 aliphatic carbocycles. The number of rotatable bonds is 3. The number of hydrogen-bond donors (Lipinski definition) is 1. The minimum Gasteiger partial charge on any atom is -0.262 e. The van der Waals surface area contributed by atoms with Crippen LogP contribution in [0.5, 0.6) is 0 Å². The van der Waals surface area contributed by atoms with Crippen LogP contribution in [0.2, 0.25) is 19.6 Å². The first kappa shape index (κ1) is 13.4. The average Bonchev–Trinajstić information content (AvgIpc) is 2.71. The molecule has 1 N–H and O–H groups in total. The van der Waals surface area contributed by atoms with Crippen LogP contribution in [0, 0.1) is 5.82 Å². The van der Waals surface area contributed by atoms with Crippen molar-refractivity contribution in [2.75, 3.05) is 0 Å². The van der Waals surface area contributed by atoms with Crippen LogP contribution in [-0.4, -0.2) is 23.5 Å². The van der Waals surface area contributed by atoms with E-state index in [0.717, 1.165) is 21.0 Å². The normalized spacial score (nSPS) is 11.8. The van der Waals surface area contributed by atoms with Crippen molar-refractivity contribution in [2.45, 2.75) is 26.1 Å². The van der Waals surface area contributed by atoms with E-state index < -0.39 is 8.07 Å². The van der Waals surface area contributed by atoms with E-state index in [1.165, 1.54) is 6.07 Å². The molecule has 0 saturated carbocycles. The summed E-state index contributed by atoms with van der Waals surface area (Å²) in [5.41, 5.74) is 1.89. The van der Waals surface area contributed by atoms with Gasteiger partial charge in [-0.2, -0.15) is 0 Å². The fourth-order valence-electron chi connectivity index (χ4n) is 1.84. The summed E-state index contributed by atoms with van der Waals surface area (Å²) in [6.07, 6.45) is 0.616. The molecule has 0 aliphatic heterocycles. The van der Waals surface area contributed by atoms with Crippen LogP contribution in [-0.2, 0) is 6.42 Å². The van der Waals surface area contributed by atoms with E-state index in [1.54, 1.807) is 12.1 Å². The quantitative estimate of drug-likeness (QED) is 0.881. The van der Waals surface area contributed by atoms with Crippen molar-refractivity contribution >= 4 is 29.3 Å². The van der Waals surface area contributed by atoms with Crippen LogP contribution < -0.4 is 5.32 Å². The molecule has 1 aromatic carbocycles. The summed E-state index contributed by atoms with van der Waals surface area (Å²) >= 11 is 3.44. The van der Waals surface area contributed by atoms with Crippen molar-refractivity contribution in [3.05, 3.63) is 39.7 Å². The van der Waals surface area contributed by atoms with Gasteiger partial charge >= 0.3 is 0 Å². The Kier molecular flexibility index (Phi) is 3.68. The van der Waals surface area contributed by atoms with E-state index in [4.69, 9.17) is 0 Å². The number of nitrogens with one attached hydrogen (secondary N) is 1. The summed E-state index contributed by atoms with van der Waals surface area (Å²) < 4.78 is 14.2. The Morgan fingerprint density at radius 2 is 2.06 bits per heavy atom. The van der Waals surface area contributed by atoms with Crippen LogP contribution in [0.15, 0.2) is 22.7 Å². The molecule has 1 heterocycles. The lowest BCUT2D eigenvalue weighted by molar-refractivity contribution is 0.625. The Hall–Kier alpha value is -1.01. The third-order valence-electron chi connectivity index (χ3n) is 2.71. The van der Waals surface area contributed by atoms with Gasteiger partial charge in [0.25, 0.3) is 0 Å². The van der Waals surface area contributed by atoms with Gasteiger partial charge < -0.3 is 0 Å². The van der Waals surface area contributed by atoms with Crippen molar-refractivity contribution in [3.63, 3.8) is 0 Å². The predicted octanol–water partition coefficient (Wildman–Crippen LogP) is 2.84. The van der Waals surface area contributed by atoms with Gasteiger partial charge in [0.15, 0.2) is 0 Å². The predicted molar refractivity (Wildman–Crippen MR) is 76.3 cm³/mol. The Bertz CT molecular complexity index is 563. The molecule has 0 amide bonds. The fraction of sp³-hybridized carbons (Fsp3) is 0.333. The zero-order chi connectivity index (χ0) is 13.3. The van der Waals surface area contributed by atoms with Gasteiger partial charge in [-0.05, 0) is 23.8 Å². The first-order valence-corrected chi connectivity index (χ1v) is 10.0. The second-order valence-electron chi connectivity index (χ2n) is 5.30. The molecule has 96 valence electrons. The summed E-state index contributed by atoms with van der Waals surface area (Å²) in [6, 6.07) is 4.71. The van der Waals surface area contributed by atoms with Crippen LogP contribution in [0.1, 0.15) is 11.3 Å². The number of aromatic nitrogens is 3. The van der Waals surface area contributed by atoms with E-state index in [2.05, 4.69) is 51.0 Å². The maximum absolute atomic E-state index is 13.3. The molecule has 1 aromatic heterocycles. The summed E-state index contributed by atoms with van der Waals surface area (Å²) in [5, 5.41) is 12.1. The minimum atomic E-state index is -1.52. The fourth-order valence-corrected chi connectivity index (χ4v) is 3.63. The van der Waals surface area contributed by atoms with E-state index in [-0.39, 0.29) is 5.82 Å². The van der Waals surface area contributed by atoms with Crippen LogP contribution in [0.4, 0.5) is 4.39 Å². The smallest absolute Gasteiger partial charge is 0.123 e. The maximum Gasteiger partial charge on any atom is 0.123 e. The zero-order valence-electron chi connectivity index (χ0n) is 10.6. The second kappa shape index (κ2) is 4.93. The number of nitrogens with zero attached hydrogens (tertiary/aromatic N) is 2.